The Morgan fingerprint density at radius 1 is 0.500 bits per heavy atom. The van der Waals surface area contributed by atoms with Crippen LogP contribution in [0.25, 0.3) is 0 Å². The normalized spacial score (nSPS) is 66.0. The van der Waals surface area contributed by atoms with Crippen molar-refractivity contribution < 1.29 is 0 Å². The van der Waals surface area contributed by atoms with Crippen LogP contribution in [0.3, 0.4) is 0 Å². The lowest BCUT2D eigenvalue weighted by molar-refractivity contribution is -0.101. The fraction of sp³-hybridized carbons (Fsp3) is 1.00. The van der Waals surface area contributed by atoms with Gasteiger partial charge in [0, 0.05) is 0 Å². The van der Waals surface area contributed by atoms with Gasteiger partial charge in [-0.3, -0.25) is 0 Å². The lowest BCUT2D eigenvalue weighted by Gasteiger charge is -2.60. The molecule has 0 aromatic carbocycles. The third kappa shape index (κ3) is 0.260. The smallest absolute Gasteiger partial charge is 0.0380 e. The van der Waals surface area contributed by atoms with Gasteiger partial charge in [0.25, 0.3) is 0 Å². The van der Waals surface area contributed by atoms with Gasteiger partial charge in [-0.15, -0.1) is 0 Å². The summed E-state index contributed by atoms with van der Waals surface area (Å²) >= 11 is 0. The molecule has 0 aromatic heterocycles. The first-order valence-electron chi connectivity index (χ1n) is 3.93. The summed E-state index contributed by atoms with van der Waals surface area (Å²) in [4.78, 5) is 0. The van der Waals surface area contributed by atoms with Gasteiger partial charge in [-0.1, -0.05) is 0 Å². The Kier molecular flexibility index (Phi) is 0.482. The predicted molar refractivity (Wildman–Crippen MR) is 32.4 cm³/mol. The third-order valence-electron chi connectivity index (χ3n) is 3.76. The Labute approximate surface area is 50.3 Å². The van der Waals surface area contributed by atoms with E-state index in [1.807, 2.05) is 0 Å². The summed E-state index contributed by atoms with van der Waals surface area (Å²) in [6.07, 6.45) is 6.48. The highest BCUT2D eigenvalue weighted by Crippen LogP contribution is 2.62. The summed E-state index contributed by atoms with van der Waals surface area (Å²) < 4.78 is 0. The van der Waals surface area contributed by atoms with Crippen LogP contribution in [0.15, 0.2) is 0 Å². The van der Waals surface area contributed by atoms with Crippen LogP contribution in [-0.2, 0) is 0 Å². The van der Waals surface area contributed by atoms with Crippen molar-refractivity contribution >= 4 is 0 Å². The van der Waals surface area contributed by atoms with Crippen LogP contribution in [0, 0.1) is 23.7 Å². The van der Waals surface area contributed by atoms with Gasteiger partial charge in [-0.05, 0) is 49.4 Å². The molecule has 0 amide bonds. The van der Waals surface area contributed by atoms with Crippen LogP contribution in [0.1, 0.15) is 25.7 Å². The van der Waals surface area contributed by atoms with E-state index in [0.29, 0.717) is 0 Å². The van der Waals surface area contributed by atoms with E-state index in [1.165, 1.54) is 23.7 Å². The second-order valence-corrected chi connectivity index (χ2v) is 3.98. The topological polar surface area (TPSA) is 0 Å². The van der Waals surface area contributed by atoms with Crippen molar-refractivity contribution in [1.82, 2.24) is 0 Å². The van der Waals surface area contributed by atoms with Gasteiger partial charge in [-0.25, -0.2) is 0 Å². The highest BCUT2D eigenvalue weighted by atomic mass is 14.6. The summed E-state index contributed by atoms with van der Waals surface area (Å²) in [6.45, 7) is 0. The van der Waals surface area contributed by atoms with Crippen molar-refractivity contribution in [1.29, 1.82) is 0 Å². The highest BCUT2D eigenvalue weighted by molar-refractivity contribution is 5.03. The second kappa shape index (κ2) is 0.984. The molecule has 0 heteroatoms. The summed E-state index contributed by atoms with van der Waals surface area (Å²) in [6, 6.07) is 0. The first kappa shape index (κ1) is 3.92. The molecule has 0 N–H and O–H groups in total. The average Bonchev–Trinajstić information content (AvgIpc) is 1.60. The number of hydrogen-bond donors (Lipinski definition) is 0. The Bertz CT molecular complexity index is 88.0. The van der Waals surface area contributed by atoms with Gasteiger partial charge >= 0.3 is 0 Å². The predicted octanol–water partition coefficient (Wildman–Crippen LogP) is 2.05. The van der Waals surface area contributed by atoms with Crippen molar-refractivity contribution in [2.24, 2.45) is 23.7 Å². The summed E-state index contributed by atoms with van der Waals surface area (Å²) in [5.74, 6) is 4.85. The lowest BCUT2D eigenvalue weighted by Crippen LogP contribution is -2.51. The first-order chi connectivity index (χ1) is 3.93. The minimum absolute atomic E-state index is 1.21. The van der Waals surface area contributed by atoms with Crippen molar-refractivity contribution in [2.75, 3.05) is 0 Å². The fourth-order valence-corrected chi connectivity index (χ4v) is 2.96. The quantitative estimate of drug-likeness (QED) is 0.445. The minimum atomic E-state index is 1.21. The van der Waals surface area contributed by atoms with Crippen LogP contribution in [0.4, 0.5) is 0 Å². The molecule has 0 radical (unpaired) electrons. The van der Waals surface area contributed by atoms with Crippen LogP contribution >= 0.6 is 0 Å². The van der Waals surface area contributed by atoms with E-state index in [1.54, 1.807) is 25.7 Å². The van der Waals surface area contributed by atoms with Gasteiger partial charge in [0.15, 0.2) is 0 Å². The van der Waals surface area contributed by atoms with E-state index in [2.05, 4.69) is 0 Å². The lowest BCUT2D eigenvalue weighted by atomic mass is 9.45. The number of hydrogen-bond acceptors (Lipinski definition) is 0. The molecule has 6 aliphatic carbocycles. The van der Waals surface area contributed by atoms with E-state index >= 15 is 0 Å². The molecule has 8 heavy (non-hydrogen) atoms. The standard InChI is InChI=1S/C8H12/c1-5-2-6(1)8-3-7(5)4-8/h5-8H,1-4H2. The van der Waals surface area contributed by atoms with Gasteiger partial charge in [-0.2, -0.15) is 0 Å². The molecule has 0 nitrogen and oxygen atoms in total. The molecular weight excluding hydrogens is 96.1 g/mol. The van der Waals surface area contributed by atoms with Crippen LogP contribution in [-0.4, -0.2) is 0 Å². The molecule has 0 aromatic rings. The zero-order valence-electron chi connectivity index (χ0n) is 5.14. The SMILES string of the molecule is C1C2CC1C1CC2C1. The zero-order valence-corrected chi connectivity index (χ0v) is 5.14. The molecule has 0 atom stereocenters. The molecule has 6 rings (SSSR count). The van der Waals surface area contributed by atoms with Crippen molar-refractivity contribution in [3.63, 3.8) is 0 Å². The molecular formula is C8H12. The van der Waals surface area contributed by atoms with Gasteiger partial charge in [0.2, 0.25) is 0 Å². The van der Waals surface area contributed by atoms with E-state index in [4.69, 9.17) is 0 Å². The molecule has 6 fully saturated rings. The van der Waals surface area contributed by atoms with Crippen molar-refractivity contribution in [3.05, 3.63) is 0 Å². The van der Waals surface area contributed by atoms with Gasteiger partial charge in [0.05, 0.1) is 0 Å². The molecule has 0 aliphatic heterocycles. The maximum absolute atomic E-state index is 1.62. The van der Waals surface area contributed by atoms with E-state index in [0.717, 1.165) is 0 Å². The largest absolute Gasteiger partial charge is 0.0470 e. The minimum Gasteiger partial charge on any atom is -0.0470 e. The van der Waals surface area contributed by atoms with E-state index in [9.17, 15) is 0 Å². The monoisotopic (exact) mass is 108 g/mol. The Balaban J connectivity index is 1.96. The molecule has 0 spiro atoms. The molecule has 44 valence electrons. The third-order valence-corrected chi connectivity index (χ3v) is 3.76. The average molecular weight is 108 g/mol. The molecule has 0 heterocycles. The molecule has 0 unspecified atom stereocenters. The molecule has 6 saturated carbocycles. The van der Waals surface area contributed by atoms with Crippen molar-refractivity contribution in [2.45, 2.75) is 25.7 Å². The zero-order chi connectivity index (χ0) is 5.14. The molecule has 0 saturated heterocycles. The van der Waals surface area contributed by atoms with Gasteiger partial charge in [0.1, 0.15) is 0 Å². The molecule has 6 aliphatic rings. The number of rotatable bonds is 0. The van der Waals surface area contributed by atoms with Crippen LogP contribution in [0.5, 0.6) is 0 Å². The van der Waals surface area contributed by atoms with E-state index in [-0.39, 0.29) is 0 Å². The maximum Gasteiger partial charge on any atom is -0.0380 e. The first-order valence-corrected chi connectivity index (χ1v) is 3.93. The van der Waals surface area contributed by atoms with Crippen LogP contribution in [0.2, 0.25) is 0 Å². The maximum atomic E-state index is 1.62. The Hall–Kier alpha value is 0. The summed E-state index contributed by atoms with van der Waals surface area (Å²) in [7, 11) is 0. The van der Waals surface area contributed by atoms with Crippen molar-refractivity contribution in [3.8, 4) is 0 Å². The Morgan fingerprint density at radius 2 is 0.750 bits per heavy atom. The second-order valence-electron chi connectivity index (χ2n) is 3.98. The fourth-order valence-electron chi connectivity index (χ4n) is 2.96. The highest BCUT2D eigenvalue weighted by Gasteiger charge is 2.52. The van der Waals surface area contributed by atoms with E-state index < -0.39 is 0 Å². The summed E-state index contributed by atoms with van der Waals surface area (Å²) in [5, 5.41) is 0. The van der Waals surface area contributed by atoms with Gasteiger partial charge < -0.3 is 0 Å². The van der Waals surface area contributed by atoms with Crippen LogP contribution < -0.4 is 0 Å². The summed E-state index contributed by atoms with van der Waals surface area (Å²) in [5.41, 5.74) is 0. The Morgan fingerprint density at radius 3 is 0.875 bits per heavy atom. The molecule has 4 bridgehead atoms.